The lowest BCUT2D eigenvalue weighted by Crippen LogP contribution is -2.27. The maximum atomic E-state index is 12.7. The molecule has 0 radical (unpaired) electrons. The van der Waals surface area contributed by atoms with E-state index in [1.165, 1.54) is 11.3 Å². The first kappa shape index (κ1) is 21.0. The molecule has 2 aromatic rings. The highest BCUT2D eigenvalue weighted by Gasteiger charge is 2.24. The van der Waals surface area contributed by atoms with Crippen LogP contribution >= 0.6 is 11.3 Å². The molecule has 1 saturated heterocycles. The highest BCUT2D eigenvalue weighted by atomic mass is 32.1. The summed E-state index contributed by atoms with van der Waals surface area (Å²) in [5.74, 6) is -1.04. The normalized spacial score (nSPS) is 15.7. The smallest absolute Gasteiger partial charge is 0.341 e. The quantitative estimate of drug-likeness (QED) is 0.669. The van der Waals surface area contributed by atoms with Gasteiger partial charge < -0.3 is 20.1 Å². The SMILES string of the molecule is CCOC(=O)c1cc(CC)sc1NC(=O)c1cccc(NC(=O)C2CCCO2)c1. The molecule has 1 unspecified atom stereocenters. The first-order valence-electron chi connectivity index (χ1n) is 9.65. The van der Waals surface area contributed by atoms with E-state index < -0.39 is 12.1 Å². The Bertz CT molecular complexity index is 902. The highest BCUT2D eigenvalue weighted by Crippen LogP contribution is 2.30. The fraction of sp³-hybridized carbons (Fsp3) is 0.381. The average molecular weight is 416 g/mol. The van der Waals surface area contributed by atoms with Crippen molar-refractivity contribution < 1.29 is 23.9 Å². The van der Waals surface area contributed by atoms with Crippen molar-refractivity contribution in [1.82, 2.24) is 0 Å². The predicted molar refractivity (Wildman–Crippen MR) is 112 cm³/mol. The number of esters is 1. The third kappa shape index (κ3) is 5.21. The third-order valence-corrected chi connectivity index (χ3v) is 5.66. The van der Waals surface area contributed by atoms with Gasteiger partial charge in [0.05, 0.1) is 12.2 Å². The predicted octanol–water partition coefficient (Wildman–Crippen LogP) is 3.86. The third-order valence-electron chi connectivity index (χ3n) is 4.47. The number of ether oxygens (including phenoxy) is 2. The molecule has 1 atom stereocenters. The number of benzene rings is 1. The van der Waals surface area contributed by atoms with Crippen LogP contribution in [0.3, 0.4) is 0 Å². The van der Waals surface area contributed by atoms with Gasteiger partial charge in [0, 0.05) is 22.7 Å². The Morgan fingerprint density at radius 2 is 2.03 bits per heavy atom. The Balaban J connectivity index is 1.73. The number of carbonyl (C=O) groups excluding carboxylic acids is 3. The molecule has 7 nitrogen and oxygen atoms in total. The molecule has 1 fully saturated rings. The van der Waals surface area contributed by atoms with Crippen molar-refractivity contribution in [3.63, 3.8) is 0 Å². The zero-order chi connectivity index (χ0) is 20.8. The van der Waals surface area contributed by atoms with Crippen LogP contribution in [0, 0.1) is 0 Å². The molecule has 1 aliphatic rings. The van der Waals surface area contributed by atoms with Crippen molar-refractivity contribution in [2.75, 3.05) is 23.8 Å². The number of nitrogens with one attached hydrogen (secondary N) is 2. The molecule has 154 valence electrons. The molecule has 1 aliphatic heterocycles. The summed E-state index contributed by atoms with van der Waals surface area (Å²) in [6.45, 7) is 4.56. The minimum absolute atomic E-state index is 0.213. The van der Waals surface area contributed by atoms with Gasteiger partial charge in [-0.3, -0.25) is 9.59 Å². The van der Waals surface area contributed by atoms with Gasteiger partial charge in [0.25, 0.3) is 11.8 Å². The molecule has 29 heavy (non-hydrogen) atoms. The lowest BCUT2D eigenvalue weighted by molar-refractivity contribution is -0.124. The van der Waals surface area contributed by atoms with E-state index in [4.69, 9.17) is 9.47 Å². The zero-order valence-electron chi connectivity index (χ0n) is 16.4. The average Bonchev–Trinajstić information content (AvgIpc) is 3.38. The lowest BCUT2D eigenvalue weighted by Gasteiger charge is -2.11. The molecule has 1 aromatic carbocycles. The summed E-state index contributed by atoms with van der Waals surface area (Å²) in [6, 6.07) is 8.40. The Morgan fingerprint density at radius 1 is 1.21 bits per heavy atom. The van der Waals surface area contributed by atoms with Crippen LogP contribution < -0.4 is 10.6 Å². The maximum Gasteiger partial charge on any atom is 0.341 e. The minimum Gasteiger partial charge on any atom is -0.462 e. The van der Waals surface area contributed by atoms with Crippen LogP contribution in [0.4, 0.5) is 10.7 Å². The van der Waals surface area contributed by atoms with Crippen molar-refractivity contribution in [1.29, 1.82) is 0 Å². The lowest BCUT2D eigenvalue weighted by atomic mass is 10.1. The molecular formula is C21H24N2O5S. The van der Waals surface area contributed by atoms with E-state index in [0.29, 0.717) is 34.8 Å². The van der Waals surface area contributed by atoms with Crippen molar-refractivity contribution >= 4 is 39.8 Å². The van der Waals surface area contributed by atoms with Crippen molar-refractivity contribution in [3.05, 3.63) is 46.3 Å². The van der Waals surface area contributed by atoms with Gasteiger partial charge >= 0.3 is 5.97 Å². The largest absolute Gasteiger partial charge is 0.462 e. The molecule has 3 rings (SSSR count). The Morgan fingerprint density at radius 3 is 2.72 bits per heavy atom. The van der Waals surface area contributed by atoms with E-state index in [1.54, 1.807) is 37.3 Å². The summed E-state index contributed by atoms with van der Waals surface area (Å²) in [7, 11) is 0. The number of rotatable bonds is 7. The second-order valence-electron chi connectivity index (χ2n) is 6.56. The van der Waals surface area contributed by atoms with E-state index in [2.05, 4.69) is 10.6 Å². The first-order chi connectivity index (χ1) is 14.0. The molecule has 2 heterocycles. The monoisotopic (exact) mass is 416 g/mol. The number of aryl methyl sites for hydroxylation is 1. The molecular weight excluding hydrogens is 392 g/mol. The Labute approximate surface area is 173 Å². The first-order valence-corrected chi connectivity index (χ1v) is 10.5. The molecule has 0 bridgehead atoms. The molecule has 2 N–H and O–H groups in total. The van der Waals surface area contributed by atoms with Gasteiger partial charge in [-0.2, -0.15) is 0 Å². The van der Waals surface area contributed by atoms with E-state index in [9.17, 15) is 14.4 Å². The zero-order valence-corrected chi connectivity index (χ0v) is 17.3. The van der Waals surface area contributed by atoms with Gasteiger partial charge in [0.15, 0.2) is 0 Å². The summed E-state index contributed by atoms with van der Waals surface area (Å²) in [5, 5.41) is 6.04. The summed E-state index contributed by atoms with van der Waals surface area (Å²) < 4.78 is 10.5. The van der Waals surface area contributed by atoms with E-state index in [0.717, 1.165) is 17.7 Å². The second-order valence-corrected chi connectivity index (χ2v) is 7.69. The van der Waals surface area contributed by atoms with Gasteiger partial charge in [-0.15, -0.1) is 11.3 Å². The van der Waals surface area contributed by atoms with Crippen molar-refractivity contribution in [2.24, 2.45) is 0 Å². The second kappa shape index (κ2) is 9.67. The number of hydrogen-bond acceptors (Lipinski definition) is 6. The summed E-state index contributed by atoms with van der Waals surface area (Å²) in [6.07, 6.45) is 1.86. The molecule has 0 spiro atoms. The van der Waals surface area contributed by atoms with Crippen LogP contribution in [0.1, 0.15) is 52.3 Å². The molecule has 0 aliphatic carbocycles. The summed E-state index contributed by atoms with van der Waals surface area (Å²) in [5.41, 5.74) is 1.24. The Hall–Kier alpha value is -2.71. The number of anilines is 2. The van der Waals surface area contributed by atoms with Gasteiger partial charge in [0.2, 0.25) is 0 Å². The standard InChI is InChI=1S/C21H24N2O5S/c1-3-15-12-16(21(26)27-4-2)20(29-15)23-18(24)13-7-5-8-14(11-13)22-19(25)17-9-6-10-28-17/h5,7-8,11-12,17H,3-4,6,9-10H2,1-2H3,(H,22,25)(H,23,24). The number of amides is 2. The molecule has 1 aromatic heterocycles. The number of thiophene rings is 1. The fourth-order valence-corrected chi connectivity index (χ4v) is 3.97. The fourth-order valence-electron chi connectivity index (χ4n) is 2.99. The van der Waals surface area contributed by atoms with Crippen LogP contribution in [-0.4, -0.2) is 37.1 Å². The van der Waals surface area contributed by atoms with Crippen LogP contribution in [0.25, 0.3) is 0 Å². The van der Waals surface area contributed by atoms with Crippen molar-refractivity contribution in [3.8, 4) is 0 Å². The van der Waals surface area contributed by atoms with Gasteiger partial charge in [-0.25, -0.2) is 4.79 Å². The molecule has 2 amide bonds. The molecule has 8 heteroatoms. The molecule has 0 saturated carbocycles. The van der Waals surface area contributed by atoms with Crippen LogP contribution in [0.15, 0.2) is 30.3 Å². The van der Waals surface area contributed by atoms with Crippen LogP contribution in [-0.2, 0) is 20.7 Å². The van der Waals surface area contributed by atoms with E-state index in [-0.39, 0.29) is 18.4 Å². The number of carbonyl (C=O) groups is 3. The van der Waals surface area contributed by atoms with E-state index in [1.807, 2.05) is 6.92 Å². The summed E-state index contributed by atoms with van der Waals surface area (Å²) in [4.78, 5) is 38.1. The van der Waals surface area contributed by atoms with E-state index >= 15 is 0 Å². The number of hydrogen-bond donors (Lipinski definition) is 2. The summed E-state index contributed by atoms with van der Waals surface area (Å²) >= 11 is 1.35. The van der Waals surface area contributed by atoms with Crippen LogP contribution in [0.5, 0.6) is 0 Å². The topological polar surface area (TPSA) is 93.7 Å². The van der Waals surface area contributed by atoms with Gasteiger partial charge in [0.1, 0.15) is 11.1 Å². The maximum absolute atomic E-state index is 12.7. The highest BCUT2D eigenvalue weighted by molar-refractivity contribution is 7.16. The van der Waals surface area contributed by atoms with Crippen LogP contribution in [0.2, 0.25) is 0 Å². The minimum atomic E-state index is -0.462. The van der Waals surface area contributed by atoms with Gasteiger partial charge in [-0.05, 0) is 50.5 Å². The van der Waals surface area contributed by atoms with Crippen molar-refractivity contribution in [2.45, 2.75) is 39.2 Å². The Kier molecular flexibility index (Phi) is 7.00. The van der Waals surface area contributed by atoms with Gasteiger partial charge in [-0.1, -0.05) is 13.0 Å².